The summed E-state index contributed by atoms with van der Waals surface area (Å²) in [6, 6.07) is 13.7. The molecule has 9 heteroatoms. The number of carboxylic acids is 1. The third-order valence-corrected chi connectivity index (χ3v) is 5.64. The van der Waals surface area contributed by atoms with Crippen LogP contribution in [0, 0.1) is 3.57 Å². The van der Waals surface area contributed by atoms with E-state index in [9.17, 15) is 24.3 Å². The van der Waals surface area contributed by atoms with E-state index in [1.807, 2.05) is 42.5 Å². The molecule has 1 aliphatic heterocycles. The second-order valence-electron chi connectivity index (χ2n) is 7.31. The minimum atomic E-state index is -1.17. The van der Waals surface area contributed by atoms with Crippen LogP contribution in [0.3, 0.4) is 0 Å². The summed E-state index contributed by atoms with van der Waals surface area (Å²) in [4.78, 5) is 48.7. The monoisotopic (exact) mass is 535 g/mol. The van der Waals surface area contributed by atoms with Gasteiger partial charge in [0, 0.05) is 16.4 Å². The molecule has 0 unspecified atom stereocenters. The van der Waals surface area contributed by atoms with Gasteiger partial charge in [-0.1, -0.05) is 42.5 Å². The lowest BCUT2D eigenvalue weighted by molar-refractivity contribution is -0.142. The molecule has 1 aliphatic rings. The maximum atomic E-state index is 12.4. The molecule has 31 heavy (non-hydrogen) atoms. The Hall–Kier alpha value is -2.95. The van der Waals surface area contributed by atoms with E-state index in [2.05, 4.69) is 38.5 Å². The predicted molar refractivity (Wildman–Crippen MR) is 121 cm³/mol. The third kappa shape index (κ3) is 6.51. The van der Waals surface area contributed by atoms with E-state index in [0.717, 1.165) is 14.7 Å². The highest BCUT2D eigenvalue weighted by molar-refractivity contribution is 14.1. The molecule has 3 atom stereocenters. The average Bonchev–Trinajstić information content (AvgIpc) is 2.73. The number of benzene rings is 2. The van der Waals surface area contributed by atoms with Crippen molar-refractivity contribution in [3.05, 3.63) is 69.3 Å². The van der Waals surface area contributed by atoms with Gasteiger partial charge in [-0.05, 0) is 45.9 Å². The van der Waals surface area contributed by atoms with Gasteiger partial charge in [0.1, 0.15) is 18.1 Å². The summed E-state index contributed by atoms with van der Waals surface area (Å²) in [6.07, 6.45) is 0.112. The Balaban J connectivity index is 1.55. The summed E-state index contributed by atoms with van der Waals surface area (Å²) >= 11 is 2.15. The Morgan fingerprint density at radius 3 is 2.19 bits per heavy atom. The number of carbonyl (C=O) groups excluding carboxylic acids is 3. The maximum absolute atomic E-state index is 12.4. The number of hydrogen-bond donors (Lipinski definition) is 4. The fraction of sp³-hybridized carbons (Fsp3) is 0.273. The molecule has 0 radical (unpaired) electrons. The lowest BCUT2D eigenvalue weighted by atomic mass is 10.0. The zero-order chi connectivity index (χ0) is 22.4. The number of carbonyl (C=O) groups is 4. The van der Waals surface area contributed by atoms with E-state index in [4.69, 9.17) is 0 Å². The van der Waals surface area contributed by atoms with Crippen LogP contribution >= 0.6 is 22.6 Å². The topological polar surface area (TPSA) is 125 Å². The smallest absolute Gasteiger partial charge is 0.326 e. The molecule has 2 aromatic carbocycles. The summed E-state index contributed by atoms with van der Waals surface area (Å²) in [5, 5.41) is 17.1. The van der Waals surface area contributed by atoms with E-state index in [1.54, 1.807) is 12.1 Å². The van der Waals surface area contributed by atoms with Gasteiger partial charge in [-0.25, -0.2) is 4.79 Å². The molecule has 3 amide bonds. The summed E-state index contributed by atoms with van der Waals surface area (Å²) in [6.45, 7) is 0. The Kier molecular flexibility index (Phi) is 7.61. The van der Waals surface area contributed by atoms with E-state index in [1.165, 1.54) is 0 Å². The van der Waals surface area contributed by atoms with Crippen LogP contribution in [0.1, 0.15) is 17.5 Å². The first-order valence-electron chi connectivity index (χ1n) is 9.73. The lowest BCUT2D eigenvalue weighted by Gasteiger charge is -2.29. The highest BCUT2D eigenvalue weighted by Gasteiger charge is 2.35. The van der Waals surface area contributed by atoms with Crippen LogP contribution in [0.5, 0.6) is 0 Å². The average molecular weight is 535 g/mol. The van der Waals surface area contributed by atoms with Crippen molar-refractivity contribution >= 4 is 46.3 Å². The first-order valence-corrected chi connectivity index (χ1v) is 10.8. The fourth-order valence-corrected chi connectivity index (χ4v) is 3.67. The van der Waals surface area contributed by atoms with E-state index >= 15 is 0 Å². The van der Waals surface area contributed by atoms with Crippen molar-refractivity contribution in [1.82, 2.24) is 16.0 Å². The zero-order valence-electron chi connectivity index (χ0n) is 16.5. The number of hydrogen-bond acceptors (Lipinski definition) is 4. The van der Waals surface area contributed by atoms with Gasteiger partial charge in [-0.2, -0.15) is 0 Å². The number of carboxylic acid groups (broad SMARTS) is 1. The number of nitrogens with one attached hydrogen (secondary N) is 3. The molecule has 1 heterocycles. The molecule has 1 fully saturated rings. The van der Waals surface area contributed by atoms with Crippen molar-refractivity contribution in [2.45, 2.75) is 37.4 Å². The SMILES string of the molecule is O=C(C[C@@H]1NC(=O)[C@H](Cc2ccccc2)NC1=O)N[C@H](Cc1ccc(I)cc1)C(=O)O. The van der Waals surface area contributed by atoms with Crippen molar-refractivity contribution in [1.29, 1.82) is 0 Å². The standard InChI is InChI=1S/C22H22IN3O5/c23-15-8-6-14(7-9-15)11-18(22(30)31)24-19(27)12-17-21(29)25-16(20(28)26-17)10-13-4-2-1-3-5-13/h1-9,16-18H,10-12H2,(H,24,27)(H,25,29)(H,26,28)(H,30,31)/t16-,17-,18+/m0/s1. The van der Waals surface area contributed by atoms with Crippen molar-refractivity contribution < 1.29 is 24.3 Å². The molecule has 0 aliphatic carbocycles. The second kappa shape index (κ2) is 10.4. The van der Waals surface area contributed by atoms with Crippen LogP contribution in [0.15, 0.2) is 54.6 Å². The Labute approximate surface area is 192 Å². The normalized spacial score (nSPS) is 19.1. The van der Waals surface area contributed by atoms with Gasteiger partial charge in [0.2, 0.25) is 17.7 Å². The number of amides is 3. The Morgan fingerprint density at radius 1 is 0.935 bits per heavy atom. The van der Waals surface area contributed by atoms with Crippen LogP contribution < -0.4 is 16.0 Å². The first-order chi connectivity index (χ1) is 14.8. The van der Waals surface area contributed by atoms with Crippen molar-refractivity contribution in [2.75, 3.05) is 0 Å². The van der Waals surface area contributed by atoms with Gasteiger partial charge in [0.05, 0.1) is 6.42 Å². The molecule has 0 aromatic heterocycles. The number of piperazine rings is 1. The molecule has 0 bridgehead atoms. The molecule has 8 nitrogen and oxygen atoms in total. The van der Waals surface area contributed by atoms with Gasteiger partial charge in [-0.3, -0.25) is 14.4 Å². The zero-order valence-corrected chi connectivity index (χ0v) is 18.7. The van der Waals surface area contributed by atoms with Gasteiger partial charge >= 0.3 is 5.97 Å². The summed E-state index contributed by atoms with van der Waals surface area (Å²) in [5.41, 5.74) is 1.67. The highest BCUT2D eigenvalue weighted by atomic mass is 127. The van der Waals surface area contributed by atoms with Gasteiger partial charge < -0.3 is 21.1 Å². The van der Waals surface area contributed by atoms with E-state index in [-0.39, 0.29) is 18.7 Å². The predicted octanol–water partition coefficient (Wildman–Crippen LogP) is 1.02. The number of rotatable bonds is 8. The van der Waals surface area contributed by atoms with Crippen LogP contribution in [0.25, 0.3) is 0 Å². The first kappa shape index (κ1) is 22.7. The fourth-order valence-electron chi connectivity index (χ4n) is 3.31. The summed E-state index contributed by atoms with van der Waals surface area (Å²) < 4.78 is 1.02. The highest BCUT2D eigenvalue weighted by Crippen LogP contribution is 2.11. The molecule has 0 saturated carbocycles. The molecule has 2 aromatic rings. The molecule has 1 saturated heterocycles. The third-order valence-electron chi connectivity index (χ3n) is 4.92. The van der Waals surface area contributed by atoms with Crippen LogP contribution in [-0.4, -0.2) is 46.9 Å². The molecular formula is C22H22IN3O5. The molecule has 0 spiro atoms. The summed E-state index contributed by atoms with van der Waals surface area (Å²) in [5.74, 6) is -2.65. The van der Waals surface area contributed by atoms with Crippen molar-refractivity contribution in [3.8, 4) is 0 Å². The van der Waals surface area contributed by atoms with Crippen LogP contribution in [-0.2, 0) is 32.0 Å². The molecule has 162 valence electrons. The van der Waals surface area contributed by atoms with Gasteiger partial charge in [-0.15, -0.1) is 0 Å². The van der Waals surface area contributed by atoms with Crippen LogP contribution in [0.4, 0.5) is 0 Å². The number of halogens is 1. The molecule has 4 N–H and O–H groups in total. The number of aliphatic carboxylic acids is 1. The lowest BCUT2D eigenvalue weighted by Crippen LogP contribution is -2.63. The van der Waals surface area contributed by atoms with Crippen LogP contribution in [0.2, 0.25) is 0 Å². The van der Waals surface area contributed by atoms with Gasteiger partial charge in [0.15, 0.2) is 0 Å². The van der Waals surface area contributed by atoms with E-state index < -0.39 is 35.9 Å². The molecular weight excluding hydrogens is 513 g/mol. The summed E-state index contributed by atoms with van der Waals surface area (Å²) in [7, 11) is 0. The second-order valence-corrected chi connectivity index (χ2v) is 8.55. The van der Waals surface area contributed by atoms with E-state index in [0.29, 0.717) is 6.42 Å². The van der Waals surface area contributed by atoms with Crippen molar-refractivity contribution in [2.24, 2.45) is 0 Å². The van der Waals surface area contributed by atoms with Crippen molar-refractivity contribution in [3.63, 3.8) is 0 Å². The van der Waals surface area contributed by atoms with Gasteiger partial charge in [0.25, 0.3) is 0 Å². The molecule has 3 rings (SSSR count). The maximum Gasteiger partial charge on any atom is 0.326 e. The minimum absolute atomic E-state index is 0.111. The minimum Gasteiger partial charge on any atom is -0.480 e. The Bertz CT molecular complexity index is 965. The largest absolute Gasteiger partial charge is 0.480 e. The quantitative estimate of drug-likeness (QED) is 0.376. The Morgan fingerprint density at radius 2 is 1.55 bits per heavy atom.